The molecule has 0 aliphatic carbocycles. The lowest BCUT2D eigenvalue weighted by Crippen LogP contribution is -2.48. The summed E-state index contributed by atoms with van der Waals surface area (Å²) >= 11 is 1.52. The zero-order chi connectivity index (χ0) is 13.3. The molecule has 1 heterocycles. The van der Waals surface area contributed by atoms with Crippen molar-refractivity contribution in [1.29, 1.82) is 0 Å². The molecule has 3 N–H and O–H groups in total. The maximum absolute atomic E-state index is 12.1. The highest BCUT2D eigenvalue weighted by molar-refractivity contribution is 8.00. The molecule has 0 radical (unpaired) electrons. The zero-order valence-corrected chi connectivity index (χ0v) is 11.4. The average molecular weight is 266 g/mol. The topological polar surface area (TPSA) is 66.6 Å². The van der Waals surface area contributed by atoms with E-state index in [-0.39, 0.29) is 24.5 Å². The number of benzene rings is 1. The minimum absolute atomic E-state index is 0.0332. The molecule has 4 nitrogen and oxygen atoms in total. The minimum Gasteiger partial charge on any atom is -0.399 e. The molecule has 5 heteroatoms. The quantitative estimate of drug-likeness (QED) is 0.818. The van der Waals surface area contributed by atoms with E-state index < -0.39 is 0 Å². The molecule has 1 aromatic carbocycles. The van der Waals surface area contributed by atoms with E-state index >= 15 is 0 Å². The number of carbonyl (C=O) groups is 1. The standard InChI is InChI=1S/C13H18N2O2S/c1-8(2)11(6-16)15-10-5-9(14)3-4-12(10)18-7-13(15)17/h3-5,8,11,16H,6-7,14H2,1-2H3. The normalized spacial score (nSPS) is 16.9. The Kier molecular flexibility index (Phi) is 3.82. The third-order valence-corrected chi connectivity index (χ3v) is 4.20. The first kappa shape index (κ1) is 13.2. The second kappa shape index (κ2) is 5.20. The number of nitrogens with zero attached hydrogens (tertiary/aromatic N) is 1. The van der Waals surface area contributed by atoms with Gasteiger partial charge in [0.1, 0.15) is 0 Å². The summed E-state index contributed by atoms with van der Waals surface area (Å²) in [7, 11) is 0. The molecule has 0 fully saturated rings. The summed E-state index contributed by atoms with van der Waals surface area (Å²) in [6, 6.07) is 5.39. The van der Waals surface area contributed by atoms with Crippen molar-refractivity contribution >= 4 is 29.0 Å². The maximum atomic E-state index is 12.1. The number of aliphatic hydroxyl groups is 1. The molecule has 0 spiro atoms. The molecule has 0 saturated carbocycles. The summed E-state index contributed by atoms with van der Waals surface area (Å²) in [5.41, 5.74) is 7.25. The number of fused-ring (bicyclic) bond motifs is 1. The van der Waals surface area contributed by atoms with Crippen LogP contribution in [0.1, 0.15) is 13.8 Å². The SMILES string of the molecule is CC(C)C(CO)N1C(=O)CSc2ccc(N)cc21. The minimum atomic E-state index is -0.195. The van der Waals surface area contributed by atoms with Crippen molar-refractivity contribution in [2.24, 2.45) is 5.92 Å². The van der Waals surface area contributed by atoms with E-state index in [0.717, 1.165) is 10.6 Å². The fourth-order valence-electron chi connectivity index (χ4n) is 2.14. The molecule has 0 aromatic heterocycles. The Bertz CT molecular complexity index is 462. The Labute approximate surface area is 111 Å². The molecule has 1 amide bonds. The molecular weight excluding hydrogens is 248 g/mol. The van der Waals surface area contributed by atoms with Gasteiger partial charge in [-0.3, -0.25) is 4.79 Å². The zero-order valence-electron chi connectivity index (χ0n) is 10.6. The summed E-state index contributed by atoms with van der Waals surface area (Å²) in [6.45, 7) is 3.96. The van der Waals surface area contributed by atoms with Gasteiger partial charge < -0.3 is 15.7 Å². The molecule has 1 aliphatic heterocycles. The largest absolute Gasteiger partial charge is 0.399 e. The maximum Gasteiger partial charge on any atom is 0.237 e. The Balaban J connectivity index is 2.46. The van der Waals surface area contributed by atoms with E-state index in [9.17, 15) is 9.90 Å². The highest BCUT2D eigenvalue weighted by atomic mass is 32.2. The highest BCUT2D eigenvalue weighted by Crippen LogP contribution is 2.38. The molecule has 0 saturated heterocycles. The van der Waals surface area contributed by atoms with E-state index in [2.05, 4.69) is 0 Å². The third-order valence-electron chi connectivity index (χ3n) is 3.15. The van der Waals surface area contributed by atoms with Crippen LogP contribution < -0.4 is 10.6 Å². The number of hydrogen-bond acceptors (Lipinski definition) is 4. The number of nitrogens with two attached hydrogens (primary N) is 1. The number of amides is 1. The van der Waals surface area contributed by atoms with Gasteiger partial charge in [0.05, 0.1) is 24.1 Å². The van der Waals surface area contributed by atoms with Crippen LogP contribution in [0.5, 0.6) is 0 Å². The first-order valence-electron chi connectivity index (χ1n) is 6.00. The third kappa shape index (κ3) is 2.33. The molecule has 1 aliphatic rings. The molecule has 2 rings (SSSR count). The van der Waals surface area contributed by atoms with Crippen LogP contribution in [-0.2, 0) is 4.79 Å². The van der Waals surface area contributed by atoms with Gasteiger partial charge in [-0.25, -0.2) is 0 Å². The summed E-state index contributed by atoms with van der Waals surface area (Å²) in [5, 5.41) is 9.53. The lowest BCUT2D eigenvalue weighted by atomic mass is 10.0. The van der Waals surface area contributed by atoms with Crippen LogP contribution in [0.4, 0.5) is 11.4 Å². The lowest BCUT2D eigenvalue weighted by Gasteiger charge is -2.37. The monoisotopic (exact) mass is 266 g/mol. The van der Waals surface area contributed by atoms with Crippen LogP contribution >= 0.6 is 11.8 Å². The fraction of sp³-hybridized carbons (Fsp3) is 0.462. The number of aliphatic hydroxyl groups excluding tert-OH is 1. The summed E-state index contributed by atoms with van der Waals surface area (Å²) < 4.78 is 0. The summed E-state index contributed by atoms with van der Waals surface area (Å²) in [5.74, 6) is 0.641. The molecule has 18 heavy (non-hydrogen) atoms. The van der Waals surface area contributed by atoms with Crippen molar-refractivity contribution < 1.29 is 9.90 Å². The second-order valence-corrected chi connectivity index (χ2v) is 5.79. The van der Waals surface area contributed by atoms with E-state index in [4.69, 9.17) is 5.73 Å². The fourth-order valence-corrected chi connectivity index (χ4v) is 3.03. The van der Waals surface area contributed by atoms with E-state index in [1.54, 1.807) is 4.90 Å². The molecule has 1 atom stereocenters. The smallest absolute Gasteiger partial charge is 0.237 e. The number of anilines is 2. The van der Waals surface area contributed by atoms with Crippen LogP contribution in [0.3, 0.4) is 0 Å². The Morgan fingerprint density at radius 3 is 2.83 bits per heavy atom. The number of hydrogen-bond donors (Lipinski definition) is 2. The predicted molar refractivity (Wildman–Crippen MR) is 74.8 cm³/mol. The van der Waals surface area contributed by atoms with Gasteiger partial charge in [0.2, 0.25) is 5.91 Å². The van der Waals surface area contributed by atoms with Gasteiger partial charge in [-0.05, 0) is 24.1 Å². The van der Waals surface area contributed by atoms with Crippen LogP contribution in [0, 0.1) is 5.92 Å². The molecule has 1 unspecified atom stereocenters. The van der Waals surface area contributed by atoms with Gasteiger partial charge in [0.15, 0.2) is 0 Å². The molecule has 98 valence electrons. The van der Waals surface area contributed by atoms with Crippen molar-refractivity contribution in [3.63, 3.8) is 0 Å². The van der Waals surface area contributed by atoms with Crippen molar-refractivity contribution in [2.75, 3.05) is 23.0 Å². The van der Waals surface area contributed by atoms with Crippen molar-refractivity contribution in [3.8, 4) is 0 Å². The van der Waals surface area contributed by atoms with Crippen molar-refractivity contribution in [1.82, 2.24) is 0 Å². The first-order valence-corrected chi connectivity index (χ1v) is 6.98. The predicted octanol–water partition coefficient (Wildman–Crippen LogP) is 1.72. The van der Waals surface area contributed by atoms with Gasteiger partial charge >= 0.3 is 0 Å². The van der Waals surface area contributed by atoms with Crippen molar-refractivity contribution in [3.05, 3.63) is 18.2 Å². The van der Waals surface area contributed by atoms with E-state index in [0.29, 0.717) is 11.4 Å². The molecule has 0 bridgehead atoms. The van der Waals surface area contributed by atoms with Gasteiger partial charge in [-0.15, -0.1) is 11.8 Å². The summed E-state index contributed by atoms with van der Waals surface area (Å²) in [4.78, 5) is 14.9. The Hall–Kier alpha value is -1.20. The second-order valence-electron chi connectivity index (χ2n) is 4.77. The molecule has 1 aromatic rings. The van der Waals surface area contributed by atoms with Crippen molar-refractivity contribution in [2.45, 2.75) is 24.8 Å². The van der Waals surface area contributed by atoms with Crippen LogP contribution in [0.2, 0.25) is 0 Å². The van der Waals surface area contributed by atoms with E-state index in [1.165, 1.54) is 11.8 Å². The number of thioether (sulfide) groups is 1. The molecular formula is C13H18N2O2S. The van der Waals surface area contributed by atoms with E-state index in [1.807, 2.05) is 32.0 Å². The van der Waals surface area contributed by atoms with Crippen LogP contribution in [0.25, 0.3) is 0 Å². The Morgan fingerprint density at radius 2 is 2.22 bits per heavy atom. The van der Waals surface area contributed by atoms with Crippen LogP contribution in [-0.4, -0.2) is 29.4 Å². The summed E-state index contributed by atoms with van der Waals surface area (Å²) in [6.07, 6.45) is 0. The number of carbonyl (C=O) groups excluding carboxylic acids is 1. The van der Waals surface area contributed by atoms with Crippen LogP contribution in [0.15, 0.2) is 23.1 Å². The lowest BCUT2D eigenvalue weighted by molar-refractivity contribution is -0.117. The first-order chi connectivity index (χ1) is 8.54. The van der Waals surface area contributed by atoms with Gasteiger partial charge in [0.25, 0.3) is 0 Å². The highest BCUT2D eigenvalue weighted by Gasteiger charge is 2.32. The average Bonchev–Trinajstić information content (AvgIpc) is 2.32. The number of rotatable bonds is 3. The van der Waals surface area contributed by atoms with Gasteiger partial charge in [0, 0.05) is 10.6 Å². The van der Waals surface area contributed by atoms with Gasteiger partial charge in [-0.2, -0.15) is 0 Å². The Morgan fingerprint density at radius 1 is 1.50 bits per heavy atom. The van der Waals surface area contributed by atoms with Gasteiger partial charge in [-0.1, -0.05) is 13.8 Å². The number of nitrogen functional groups attached to an aromatic ring is 1.